The average molecular weight is 315 g/mol. The molecule has 0 radical (unpaired) electrons. The number of rotatable bonds is 9. The molecule has 0 saturated heterocycles. The van der Waals surface area contributed by atoms with Gasteiger partial charge in [-0.15, -0.1) is 17.9 Å². The summed E-state index contributed by atoms with van der Waals surface area (Å²) in [5.74, 6) is 0.683. The zero-order chi connectivity index (χ0) is 14.8. The molecule has 2 amide bonds. The monoisotopic (exact) mass is 315 g/mol. The summed E-state index contributed by atoms with van der Waals surface area (Å²) in [4.78, 5) is 26.0. The van der Waals surface area contributed by atoms with E-state index in [1.165, 1.54) is 16.7 Å². The van der Waals surface area contributed by atoms with E-state index in [-0.39, 0.29) is 11.7 Å². The number of nitrogens with zero attached hydrogens (tertiary/aromatic N) is 1. The van der Waals surface area contributed by atoms with Crippen LogP contribution in [0, 0.1) is 0 Å². The van der Waals surface area contributed by atoms with Gasteiger partial charge in [-0.25, -0.2) is 14.6 Å². The van der Waals surface area contributed by atoms with Crippen LogP contribution < -0.4 is 10.6 Å². The third-order valence-electron chi connectivity index (χ3n) is 2.16. The molecule has 0 aromatic carbocycles. The molecule has 0 unspecified atom stereocenters. The van der Waals surface area contributed by atoms with Gasteiger partial charge in [-0.2, -0.15) is 11.8 Å². The van der Waals surface area contributed by atoms with Crippen molar-refractivity contribution in [3.63, 3.8) is 0 Å². The lowest BCUT2D eigenvalue weighted by molar-refractivity contribution is 0.0691. The van der Waals surface area contributed by atoms with Crippen LogP contribution in [0.5, 0.6) is 0 Å². The topological polar surface area (TPSA) is 91.3 Å². The molecular weight excluding hydrogens is 298 g/mol. The SMILES string of the molecule is C=CCSCCNC(=O)NCCc1nc(C(=O)O)cs1. The summed E-state index contributed by atoms with van der Waals surface area (Å²) in [7, 11) is 0. The number of hydrogen-bond donors (Lipinski definition) is 3. The highest BCUT2D eigenvalue weighted by Crippen LogP contribution is 2.09. The van der Waals surface area contributed by atoms with Gasteiger partial charge in [0.25, 0.3) is 0 Å². The smallest absolute Gasteiger partial charge is 0.355 e. The van der Waals surface area contributed by atoms with Crippen molar-refractivity contribution in [1.29, 1.82) is 0 Å². The molecule has 1 aromatic rings. The Kier molecular flexibility index (Phi) is 7.74. The number of thioether (sulfide) groups is 1. The molecule has 1 rings (SSSR count). The lowest BCUT2D eigenvalue weighted by Gasteiger charge is -2.06. The van der Waals surface area contributed by atoms with Crippen LogP contribution in [0.4, 0.5) is 4.79 Å². The number of hydrogen-bond acceptors (Lipinski definition) is 5. The van der Waals surface area contributed by atoms with Gasteiger partial charge in [-0.3, -0.25) is 0 Å². The largest absolute Gasteiger partial charge is 0.476 e. The number of aromatic carboxylic acids is 1. The van der Waals surface area contributed by atoms with E-state index in [4.69, 9.17) is 5.11 Å². The van der Waals surface area contributed by atoms with Crippen molar-refractivity contribution in [2.45, 2.75) is 6.42 Å². The summed E-state index contributed by atoms with van der Waals surface area (Å²) in [6.45, 7) is 4.64. The van der Waals surface area contributed by atoms with Gasteiger partial charge in [0.1, 0.15) is 0 Å². The molecule has 20 heavy (non-hydrogen) atoms. The van der Waals surface area contributed by atoms with Gasteiger partial charge in [0.15, 0.2) is 5.69 Å². The fourth-order valence-electron chi connectivity index (χ4n) is 1.27. The standard InChI is InChI=1S/C12H17N3O3S2/c1-2-6-19-7-5-14-12(18)13-4-3-10-15-9(8-20-10)11(16)17/h2,8H,1,3-7H2,(H,16,17)(H2,13,14,18). The van der Waals surface area contributed by atoms with Gasteiger partial charge in [0, 0.05) is 36.4 Å². The summed E-state index contributed by atoms with van der Waals surface area (Å²) in [6, 6.07) is -0.223. The maximum Gasteiger partial charge on any atom is 0.355 e. The molecule has 0 fully saturated rings. The second kappa shape index (κ2) is 9.38. The average Bonchev–Trinajstić information content (AvgIpc) is 2.87. The third kappa shape index (κ3) is 6.58. The lowest BCUT2D eigenvalue weighted by atomic mass is 10.4. The summed E-state index contributed by atoms with van der Waals surface area (Å²) < 4.78 is 0. The molecule has 0 aliphatic carbocycles. The van der Waals surface area contributed by atoms with Crippen molar-refractivity contribution >= 4 is 35.1 Å². The quantitative estimate of drug-likeness (QED) is 0.475. The Morgan fingerprint density at radius 3 is 2.85 bits per heavy atom. The van der Waals surface area contributed by atoms with E-state index in [0.717, 1.165) is 11.5 Å². The van der Waals surface area contributed by atoms with Crippen molar-refractivity contribution in [1.82, 2.24) is 15.6 Å². The Labute approximate surface area is 125 Å². The summed E-state index contributed by atoms with van der Waals surface area (Å²) in [6.07, 6.45) is 2.35. The Morgan fingerprint density at radius 1 is 1.45 bits per heavy atom. The van der Waals surface area contributed by atoms with E-state index in [1.54, 1.807) is 11.8 Å². The molecule has 0 spiro atoms. The molecule has 1 heterocycles. The van der Waals surface area contributed by atoms with Crippen LogP contribution >= 0.6 is 23.1 Å². The first-order valence-electron chi connectivity index (χ1n) is 6.01. The summed E-state index contributed by atoms with van der Waals surface area (Å²) in [5.41, 5.74) is 0.0497. The number of urea groups is 1. The van der Waals surface area contributed by atoms with Crippen LogP contribution in [-0.4, -0.2) is 46.7 Å². The van der Waals surface area contributed by atoms with Crippen LogP contribution in [0.2, 0.25) is 0 Å². The molecule has 0 aliphatic rings. The van der Waals surface area contributed by atoms with Crippen LogP contribution in [0.15, 0.2) is 18.0 Å². The predicted octanol–water partition coefficient (Wildman–Crippen LogP) is 1.60. The lowest BCUT2D eigenvalue weighted by Crippen LogP contribution is -2.37. The minimum absolute atomic E-state index is 0.0497. The van der Waals surface area contributed by atoms with Gasteiger partial charge in [0.2, 0.25) is 0 Å². The highest BCUT2D eigenvalue weighted by Gasteiger charge is 2.08. The Morgan fingerprint density at radius 2 is 2.20 bits per heavy atom. The van der Waals surface area contributed by atoms with Crippen molar-refractivity contribution in [2.24, 2.45) is 0 Å². The molecule has 0 aliphatic heterocycles. The third-order valence-corrected chi connectivity index (χ3v) is 4.04. The van der Waals surface area contributed by atoms with Crippen LogP contribution in [0.1, 0.15) is 15.5 Å². The number of nitrogens with one attached hydrogen (secondary N) is 2. The minimum Gasteiger partial charge on any atom is -0.476 e. The number of aromatic nitrogens is 1. The zero-order valence-electron chi connectivity index (χ0n) is 10.9. The molecular formula is C12H17N3O3S2. The molecule has 3 N–H and O–H groups in total. The van der Waals surface area contributed by atoms with Crippen LogP contribution in [0.3, 0.4) is 0 Å². The molecule has 0 atom stereocenters. The molecule has 0 bridgehead atoms. The van der Waals surface area contributed by atoms with Crippen LogP contribution in [0.25, 0.3) is 0 Å². The first-order chi connectivity index (χ1) is 9.63. The molecule has 110 valence electrons. The number of carbonyl (C=O) groups excluding carboxylic acids is 1. The Bertz CT molecular complexity index is 463. The van der Waals surface area contributed by atoms with E-state index in [2.05, 4.69) is 22.2 Å². The minimum atomic E-state index is -1.03. The summed E-state index contributed by atoms with van der Waals surface area (Å²) in [5, 5.41) is 16.4. The molecule has 0 saturated carbocycles. The Hall–Kier alpha value is -1.54. The summed E-state index contributed by atoms with van der Waals surface area (Å²) >= 11 is 2.98. The molecule has 8 heteroatoms. The highest BCUT2D eigenvalue weighted by molar-refractivity contribution is 7.99. The van der Waals surface area contributed by atoms with Crippen molar-refractivity contribution < 1.29 is 14.7 Å². The number of carboxylic acids is 1. The van der Waals surface area contributed by atoms with Crippen molar-refractivity contribution in [3.05, 3.63) is 28.7 Å². The van der Waals surface area contributed by atoms with Gasteiger partial charge < -0.3 is 15.7 Å². The second-order valence-electron chi connectivity index (χ2n) is 3.73. The highest BCUT2D eigenvalue weighted by atomic mass is 32.2. The fourth-order valence-corrected chi connectivity index (χ4v) is 2.62. The van der Waals surface area contributed by atoms with Gasteiger partial charge in [-0.05, 0) is 0 Å². The number of thiazole rings is 1. The van der Waals surface area contributed by atoms with Gasteiger partial charge >= 0.3 is 12.0 Å². The molecule has 6 nitrogen and oxygen atoms in total. The number of amides is 2. The maximum absolute atomic E-state index is 11.4. The van der Waals surface area contributed by atoms with Crippen molar-refractivity contribution in [3.8, 4) is 0 Å². The van der Waals surface area contributed by atoms with Crippen LogP contribution in [-0.2, 0) is 6.42 Å². The number of carboxylic acid groups (broad SMARTS) is 1. The van der Waals surface area contributed by atoms with Gasteiger partial charge in [-0.1, -0.05) is 6.08 Å². The first kappa shape index (κ1) is 16.5. The van der Waals surface area contributed by atoms with E-state index in [9.17, 15) is 9.59 Å². The normalized spacial score (nSPS) is 10.0. The van der Waals surface area contributed by atoms with E-state index < -0.39 is 5.97 Å². The fraction of sp³-hybridized carbons (Fsp3) is 0.417. The van der Waals surface area contributed by atoms with E-state index >= 15 is 0 Å². The Balaban J connectivity index is 2.11. The van der Waals surface area contributed by atoms with E-state index in [0.29, 0.717) is 24.5 Å². The number of carbonyl (C=O) groups is 2. The van der Waals surface area contributed by atoms with Gasteiger partial charge in [0.05, 0.1) is 5.01 Å². The molecule has 1 aromatic heterocycles. The second-order valence-corrected chi connectivity index (χ2v) is 5.82. The maximum atomic E-state index is 11.4. The first-order valence-corrected chi connectivity index (χ1v) is 8.05. The zero-order valence-corrected chi connectivity index (χ0v) is 12.6. The van der Waals surface area contributed by atoms with Crippen molar-refractivity contribution in [2.75, 3.05) is 24.6 Å². The van der Waals surface area contributed by atoms with E-state index in [1.807, 2.05) is 6.08 Å². The predicted molar refractivity (Wildman–Crippen MR) is 81.7 cm³/mol.